The van der Waals surface area contributed by atoms with E-state index in [1.165, 1.54) is 23.1 Å². The highest BCUT2D eigenvalue weighted by molar-refractivity contribution is 7.91. The van der Waals surface area contributed by atoms with Crippen molar-refractivity contribution in [3.05, 3.63) is 28.2 Å². The second-order valence-corrected chi connectivity index (χ2v) is 9.48. The van der Waals surface area contributed by atoms with Crippen molar-refractivity contribution >= 4 is 50.5 Å². The Kier molecular flexibility index (Phi) is 6.90. The van der Waals surface area contributed by atoms with Crippen molar-refractivity contribution in [3.8, 4) is 0 Å². The van der Waals surface area contributed by atoms with Gasteiger partial charge in [-0.15, -0.1) is 0 Å². The first-order valence-corrected chi connectivity index (χ1v) is 10.6. The maximum absolute atomic E-state index is 12.7. The summed E-state index contributed by atoms with van der Waals surface area (Å²) in [5.74, 6) is -1.70. The van der Waals surface area contributed by atoms with Crippen LogP contribution in [0.3, 0.4) is 0 Å². The maximum atomic E-state index is 12.7. The molecule has 1 aromatic rings. The van der Waals surface area contributed by atoms with E-state index in [1.54, 1.807) is 0 Å². The normalized spacial score (nSPS) is 18.7. The van der Waals surface area contributed by atoms with Crippen LogP contribution < -0.4 is 5.32 Å². The SMILES string of the molecule is CN(C)CCN(C(=O)C(=O)Nc1ccc(Cl)c(Cl)c1)C1CCS(=O)(=O)C1. The third-order valence-electron chi connectivity index (χ3n) is 4.07. The molecule has 0 aliphatic carbocycles. The number of nitrogens with one attached hydrogen (secondary N) is 1. The highest BCUT2D eigenvalue weighted by Gasteiger charge is 2.36. The minimum Gasteiger partial charge on any atom is -0.329 e. The Hall–Kier alpha value is -1.35. The summed E-state index contributed by atoms with van der Waals surface area (Å²) >= 11 is 11.7. The monoisotopic (exact) mass is 421 g/mol. The van der Waals surface area contributed by atoms with Crippen molar-refractivity contribution in [2.75, 3.05) is 44.0 Å². The minimum atomic E-state index is -3.18. The van der Waals surface area contributed by atoms with E-state index in [2.05, 4.69) is 5.32 Å². The largest absolute Gasteiger partial charge is 0.329 e. The number of likely N-dealkylation sites (N-methyl/N-ethyl adjacent to an activating group) is 1. The lowest BCUT2D eigenvalue weighted by Gasteiger charge is -2.28. The van der Waals surface area contributed by atoms with Crippen molar-refractivity contribution in [1.82, 2.24) is 9.80 Å². The predicted octanol–water partition coefficient (Wildman–Crippen LogP) is 1.51. The molecule has 1 unspecified atom stereocenters. The zero-order chi connectivity index (χ0) is 19.5. The Balaban J connectivity index is 2.13. The zero-order valence-corrected chi connectivity index (χ0v) is 16.9. The summed E-state index contributed by atoms with van der Waals surface area (Å²) < 4.78 is 23.5. The lowest BCUT2D eigenvalue weighted by molar-refractivity contribution is -0.144. The van der Waals surface area contributed by atoms with Crippen molar-refractivity contribution < 1.29 is 18.0 Å². The Morgan fingerprint density at radius 3 is 2.42 bits per heavy atom. The van der Waals surface area contributed by atoms with E-state index >= 15 is 0 Å². The van der Waals surface area contributed by atoms with Gasteiger partial charge in [0.15, 0.2) is 9.84 Å². The van der Waals surface area contributed by atoms with Gasteiger partial charge in [-0.3, -0.25) is 9.59 Å². The number of nitrogens with zero attached hydrogens (tertiary/aromatic N) is 2. The van der Waals surface area contributed by atoms with E-state index in [1.807, 2.05) is 19.0 Å². The standard InChI is InChI=1S/C16H21Cl2N3O4S/c1-20(2)6-7-21(12-5-8-26(24,25)10-12)16(23)15(22)19-11-3-4-13(17)14(18)9-11/h3-4,9,12H,5-8,10H2,1-2H3,(H,19,22). The molecule has 0 aromatic heterocycles. The Bertz CT molecular complexity index is 799. The molecule has 1 N–H and O–H groups in total. The summed E-state index contributed by atoms with van der Waals surface area (Å²) in [6, 6.07) is 3.99. The molecule has 2 amide bonds. The average molecular weight is 422 g/mol. The van der Waals surface area contributed by atoms with Crippen molar-refractivity contribution in [3.63, 3.8) is 0 Å². The number of anilines is 1. The summed E-state index contributed by atoms with van der Waals surface area (Å²) in [5.41, 5.74) is 0.337. The number of amides is 2. The molecule has 0 spiro atoms. The lowest BCUT2D eigenvalue weighted by Crippen LogP contribution is -2.48. The van der Waals surface area contributed by atoms with Crippen LogP contribution in [0.15, 0.2) is 18.2 Å². The number of hydrogen-bond donors (Lipinski definition) is 1. The molecular weight excluding hydrogens is 401 g/mol. The molecule has 1 atom stereocenters. The van der Waals surface area contributed by atoms with Crippen LogP contribution in [0.4, 0.5) is 5.69 Å². The topological polar surface area (TPSA) is 86.8 Å². The van der Waals surface area contributed by atoms with Crippen LogP contribution >= 0.6 is 23.2 Å². The summed E-state index contributed by atoms with van der Waals surface area (Å²) in [4.78, 5) is 28.2. The first-order chi connectivity index (χ1) is 12.1. The summed E-state index contributed by atoms with van der Waals surface area (Å²) in [6.45, 7) is 0.781. The quantitative estimate of drug-likeness (QED) is 0.727. The van der Waals surface area contributed by atoms with Crippen LogP contribution in [0.1, 0.15) is 6.42 Å². The smallest absolute Gasteiger partial charge is 0.313 e. The molecule has 1 saturated heterocycles. The van der Waals surface area contributed by atoms with Crippen LogP contribution in [0, 0.1) is 0 Å². The van der Waals surface area contributed by atoms with Crippen LogP contribution in [0.2, 0.25) is 10.0 Å². The molecule has 1 aliphatic heterocycles. The first-order valence-electron chi connectivity index (χ1n) is 8.01. The van der Waals surface area contributed by atoms with Gasteiger partial charge in [-0.05, 0) is 38.7 Å². The number of halogens is 2. The molecule has 2 rings (SSSR count). The highest BCUT2D eigenvalue weighted by Crippen LogP contribution is 2.25. The minimum absolute atomic E-state index is 0.0256. The summed E-state index contributed by atoms with van der Waals surface area (Å²) in [7, 11) is 0.495. The summed E-state index contributed by atoms with van der Waals surface area (Å²) in [5, 5.41) is 3.07. The molecule has 7 nitrogen and oxygen atoms in total. The molecule has 1 fully saturated rings. The fraction of sp³-hybridized carbons (Fsp3) is 0.500. The molecule has 0 saturated carbocycles. The van der Waals surface area contributed by atoms with Crippen LogP contribution in [0.25, 0.3) is 0 Å². The Morgan fingerprint density at radius 2 is 1.88 bits per heavy atom. The predicted molar refractivity (Wildman–Crippen MR) is 102 cm³/mol. The molecule has 26 heavy (non-hydrogen) atoms. The molecule has 1 heterocycles. The van der Waals surface area contributed by atoms with E-state index < -0.39 is 27.7 Å². The van der Waals surface area contributed by atoms with Gasteiger partial charge in [0.05, 0.1) is 21.6 Å². The zero-order valence-electron chi connectivity index (χ0n) is 14.5. The third kappa shape index (κ3) is 5.57. The van der Waals surface area contributed by atoms with Crippen molar-refractivity contribution in [1.29, 1.82) is 0 Å². The number of benzene rings is 1. The molecule has 1 aliphatic rings. The van der Waals surface area contributed by atoms with E-state index in [0.717, 1.165) is 0 Å². The fourth-order valence-electron chi connectivity index (χ4n) is 2.67. The van der Waals surface area contributed by atoms with E-state index in [0.29, 0.717) is 23.7 Å². The molecule has 0 radical (unpaired) electrons. The van der Waals surface area contributed by atoms with Crippen molar-refractivity contribution in [2.24, 2.45) is 0 Å². The van der Waals surface area contributed by atoms with Gasteiger partial charge in [0.25, 0.3) is 0 Å². The van der Waals surface area contributed by atoms with Gasteiger partial charge in [-0.25, -0.2) is 8.42 Å². The van der Waals surface area contributed by atoms with Gasteiger partial charge < -0.3 is 15.1 Å². The van der Waals surface area contributed by atoms with Gasteiger partial charge in [-0.2, -0.15) is 0 Å². The summed E-state index contributed by atoms with van der Waals surface area (Å²) in [6.07, 6.45) is 0.335. The number of carbonyl (C=O) groups is 2. The molecular formula is C16H21Cl2N3O4S. The van der Waals surface area contributed by atoms with Crippen molar-refractivity contribution in [2.45, 2.75) is 12.5 Å². The van der Waals surface area contributed by atoms with Gasteiger partial charge in [0.1, 0.15) is 0 Å². The first kappa shape index (κ1) is 21.0. The third-order valence-corrected chi connectivity index (χ3v) is 6.56. The fourth-order valence-corrected chi connectivity index (χ4v) is 4.70. The Labute approximate surface area is 163 Å². The number of hydrogen-bond acceptors (Lipinski definition) is 5. The van der Waals surface area contributed by atoms with E-state index in [-0.39, 0.29) is 23.1 Å². The molecule has 10 heteroatoms. The van der Waals surface area contributed by atoms with Crippen LogP contribution in [-0.2, 0) is 19.4 Å². The van der Waals surface area contributed by atoms with Crippen LogP contribution in [0.5, 0.6) is 0 Å². The molecule has 1 aromatic carbocycles. The van der Waals surface area contributed by atoms with Gasteiger partial charge in [0.2, 0.25) is 0 Å². The lowest BCUT2D eigenvalue weighted by atomic mass is 10.2. The number of rotatable bonds is 5. The van der Waals surface area contributed by atoms with Crippen LogP contribution in [-0.4, -0.2) is 74.8 Å². The second kappa shape index (κ2) is 8.56. The Morgan fingerprint density at radius 1 is 1.19 bits per heavy atom. The van der Waals surface area contributed by atoms with E-state index in [4.69, 9.17) is 23.2 Å². The van der Waals surface area contributed by atoms with E-state index in [9.17, 15) is 18.0 Å². The van der Waals surface area contributed by atoms with Gasteiger partial charge in [-0.1, -0.05) is 23.2 Å². The molecule has 0 bridgehead atoms. The average Bonchev–Trinajstić information content (AvgIpc) is 2.90. The number of carbonyl (C=O) groups excluding carboxylic acids is 2. The number of sulfone groups is 1. The van der Waals surface area contributed by atoms with Gasteiger partial charge in [0, 0.05) is 24.8 Å². The highest BCUT2D eigenvalue weighted by atomic mass is 35.5. The molecule has 144 valence electrons. The van der Waals surface area contributed by atoms with Gasteiger partial charge >= 0.3 is 11.8 Å². The maximum Gasteiger partial charge on any atom is 0.313 e. The second-order valence-electron chi connectivity index (χ2n) is 6.44.